The van der Waals surface area contributed by atoms with Crippen LogP contribution in [0.4, 0.5) is 17.1 Å². The summed E-state index contributed by atoms with van der Waals surface area (Å²) in [5, 5.41) is 7.33. The largest absolute Gasteiger partial charge is 0.455 e. The lowest BCUT2D eigenvalue weighted by atomic mass is 9.96. The molecular formula is C46H29NOS. The third kappa shape index (κ3) is 4.55. The van der Waals surface area contributed by atoms with Crippen molar-refractivity contribution < 1.29 is 4.42 Å². The molecule has 2 nitrogen and oxygen atoms in total. The van der Waals surface area contributed by atoms with E-state index in [0.29, 0.717) is 0 Å². The van der Waals surface area contributed by atoms with Gasteiger partial charge in [0, 0.05) is 53.4 Å². The number of fused-ring (bicyclic) bond motifs is 8. The van der Waals surface area contributed by atoms with Crippen LogP contribution in [0.15, 0.2) is 180 Å². The van der Waals surface area contributed by atoms with Crippen molar-refractivity contribution >= 4 is 81.3 Å². The van der Waals surface area contributed by atoms with Gasteiger partial charge < -0.3 is 9.32 Å². The fourth-order valence-electron chi connectivity index (χ4n) is 7.39. The molecule has 0 saturated carbocycles. The summed E-state index contributed by atoms with van der Waals surface area (Å²) < 4.78 is 9.17. The van der Waals surface area contributed by atoms with Crippen LogP contribution in [0.5, 0.6) is 0 Å². The molecule has 0 aliphatic carbocycles. The zero-order chi connectivity index (χ0) is 32.3. The van der Waals surface area contributed by atoms with Crippen LogP contribution in [0.25, 0.3) is 75.1 Å². The van der Waals surface area contributed by atoms with Crippen LogP contribution in [-0.4, -0.2) is 0 Å². The second kappa shape index (κ2) is 11.2. The Morgan fingerprint density at radius 2 is 1.08 bits per heavy atom. The maximum absolute atomic E-state index is 6.58. The first-order chi connectivity index (χ1) is 24.3. The first kappa shape index (κ1) is 27.9. The van der Waals surface area contributed by atoms with Crippen LogP contribution in [0, 0.1) is 0 Å². The molecule has 2 heterocycles. The summed E-state index contributed by atoms with van der Waals surface area (Å²) in [5.41, 5.74) is 9.77. The van der Waals surface area contributed by atoms with Crippen molar-refractivity contribution in [2.24, 2.45) is 0 Å². The highest BCUT2D eigenvalue weighted by Gasteiger charge is 2.20. The summed E-state index contributed by atoms with van der Waals surface area (Å²) in [5.74, 6) is 0. The lowest BCUT2D eigenvalue weighted by Gasteiger charge is -2.28. The Morgan fingerprint density at radius 1 is 0.429 bits per heavy atom. The van der Waals surface area contributed by atoms with Gasteiger partial charge in [-0.15, -0.1) is 11.3 Å². The van der Waals surface area contributed by atoms with Gasteiger partial charge >= 0.3 is 0 Å². The van der Waals surface area contributed by atoms with Crippen LogP contribution in [0.3, 0.4) is 0 Å². The number of rotatable bonds is 5. The van der Waals surface area contributed by atoms with Gasteiger partial charge in [-0.2, -0.15) is 0 Å². The van der Waals surface area contributed by atoms with E-state index in [9.17, 15) is 0 Å². The molecule has 0 fully saturated rings. The number of benzene rings is 8. The van der Waals surface area contributed by atoms with E-state index in [1.807, 2.05) is 17.4 Å². The van der Waals surface area contributed by atoms with Crippen molar-refractivity contribution in [3.05, 3.63) is 176 Å². The molecule has 10 aromatic rings. The molecule has 0 radical (unpaired) electrons. The third-order valence-corrected chi connectivity index (χ3v) is 10.8. The Balaban J connectivity index is 1.17. The van der Waals surface area contributed by atoms with E-state index in [-0.39, 0.29) is 0 Å². The fraction of sp³-hybridized carbons (Fsp3) is 0. The van der Waals surface area contributed by atoms with Gasteiger partial charge in [0.25, 0.3) is 0 Å². The van der Waals surface area contributed by atoms with Gasteiger partial charge in [0.2, 0.25) is 0 Å². The molecule has 49 heavy (non-hydrogen) atoms. The molecule has 0 saturated heterocycles. The first-order valence-corrected chi connectivity index (χ1v) is 17.4. The molecular weight excluding hydrogens is 615 g/mol. The number of para-hydroxylation sites is 2. The van der Waals surface area contributed by atoms with E-state index < -0.39 is 0 Å². The first-order valence-electron chi connectivity index (χ1n) is 16.6. The number of hydrogen-bond donors (Lipinski definition) is 0. The summed E-state index contributed by atoms with van der Waals surface area (Å²) in [6.07, 6.45) is 0. The molecule has 10 rings (SSSR count). The van der Waals surface area contributed by atoms with E-state index in [0.717, 1.165) is 44.7 Å². The highest BCUT2D eigenvalue weighted by Crippen LogP contribution is 2.45. The molecule has 230 valence electrons. The second-order valence-electron chi connectivity index (χ2n) is 12.5. The highest BCUT2D eigenvalue weighted by atomic mass is 32.1. The molecule has 3 heteroatoms. The van der Waals surface area contributed by atoms with Crippen molar-refractivity contribution in [3.63, 3.8) is 0 Å². The zero-order valence-corrected chi connectivity index (χ0v) is 27.3. The van der Waals surface area contributed by atoms with E-state index in [1.165, 1.54) is 47.5 Å². The molecule has 0 bridgehead atoms. The standard InChI is InChI=1S/C46H29NOS/c1-2-12-30(13-3-1)35-15-6-9-19-41(35)47(34-26-27-38-37-17-8-11-21-43(37)49-44(38)29-34)33-24-22-31(23-25-33)40-28-32-14-4-5-16-36(32)45-39-18-7-10-20-42(39)48-46(40)45/h1-29H. The quantitative estimate of drug-likeness (QED) is 0.186. The third-order valence-electron chi connectivity index (χ3n) is 9.66. The lowest BCUT2D eigenvalue weighted by molar-refractivity contribution is 0.670. The normalized spacial score (nSPS) is 11.7. The van der Waals surface area contributed by atoms with Crippen molar-refractivity contribution in [2.45, 2.75) is 0 Å². The van der Waals surface area contributed by atoms with Gasteiger partial charge in [0.1, 0.15) is 11.2 Å². The lowest BCUT2D eigenvalue weighted by Crippen LogP contribution is -2.11. The SMILES string of the molecule is c1ccc(-c2ccccc2N(c2ccc(-c3cc4ccccc4c4c3oc3ccccc34)cc2)c2ccc3c(c2)sc2ccccc23)cc1. The molecule has 0 aliphatic heterocycles. The van der Waals surface area contributed by atoms with E-state index in [4.69, 9.17) is 4.42 Å². The summed E-state index contributed by atoms with van der Waals surface area (Å²) in [6.45, 7) is 0. The minimum atomic E-state index is 0.909. The topological polar surface area (TPSA) is 16.4 Å². The van der Waals surface area contributed by atoms with Crippen LogP contribution in [0.2, 0.25) is 0 Å². The van der Waals surface area contributed by atoms with Gasteiger partial charge in [-0.25, -0.2) is 0 Å². The molecule has 0 spiro atoms. The fourth-order valence-corrected chi connectivity index (χ4v) is 8.53. The maximum Gasteiger partial charge on any atom is 0.143 e. The van der Waals surface area contributed by atoms with Gasteiger partial charge in [0.15, 0.2) is 0 Å². The molecule has 0 amide bonds. The van der Waals surface area contributed by atoms with Crippen molar-refractivity contribution in [1.82, 2.24) is 0 Å². The highest BCUT2D eigenvalue weighted by molar-refractivity contribution is 7.25. The van der Waals surface area contributed by atoms with Crippen LogP contribution in [0.1, 0.15) is 0 Å². The molecule has 8 aromatic carbocycles. The van der Waals surface area contributed by atoms with Crippen molar-refractivity contribution in [2.75, 3.05) is 4.90 Å². The van der Waals surface area contributed by atoms with E-state index >= 15 is 0 Å². The monoisotopic (exact) mass is 643 g/mol. The Labute approximate surface area is 287 Å². The van der Waals surface area contributed by atoms with Gasteiger partial charge in [-0.05, 0) is 70.4 Å². The minimum absolute atomic E-state index is 0.909. The molecule has 2 aromatic heterocycles. The van der Waals surface area contributed by atoms with Gasteiger partial charge in [-0.3, -0.25) is 0 Å². The summed E-state index contributed by atoms with van der Waals surface area (Å²) >= 11 is 1.85. The second-order valence-corrected chi connectivity index (χ2v) is 13.6. The molecule has 0 atom stereocenters. The minimum Gasteiger partial charge on any atom is -0.455 e. The number of thiophene rings is 1. The van der Waals surface area contributed by atoms with E-state index in [1.54, 1.807) is 0 Å². The van der Waals surface area contributed by atoms with Crippen LogP contribution in [-0.2, 0) is 0 Å². The van der Waals surface area contributed by atoms with Gasteiger partial charge in [0.05, 0.1) is 5.69 Å². The molecule has 0 unspecified atom stereocenters. The Morgan fingerprint density at radius 3 is 1.96 bits per heavy atom. The van der Waals surface area contributed by atoms with Crippen molar-refractivity contribution in [1.29, 1.82) is 0 Å². The maximum atomic E-state index is 6.58. The predicted molar refractivity (Wildman–Crippen MR) is 210 cm³/mol. The number of nitrogens with zero attached hydrogens (tertiary/aromatic N) is 1. The number of hydrogen-bond acceptors (Lipinski definition) is 3. The van der Waals surface area contributed by atoms with Crippen LogP contribution >= 0.6 is 11.3 Å². The van der Waals surface area contributed by atoms with Crippen LogP contribution < -0.4 is 4.90 Å². The van der Waals surface area contributed by atoms with E-state index in [2.05, 4.69) is 175 Å². The number of furan rings is 1. The zero-order valence-electron chi connectivity index (χ0n) is 26.5. The average Bonchev–Trinajstić information content (AvgIpc) is 3.74. The average molecular weight is 644 g/mol. The predicted octanol–water partition coefficient (Wildman–Crippen LogP) is 13.9. The van der Waals surface area contributed by atoms with Gasteiger partial charge in [-0.1, -0.05) is 127 Å². The summed E-state index contributed by atoms with van der Waals surface area (Å²) in [6, 6.07) is 63.1. The molecule has 0 N–H and O–H groups in total. The Bertz CT molecular complexity index is 2830. The van der Waals surface area contributed by atoms with Crippen molar-refractivity contribution in [3.8, 4) is 22.3 Å². The summed E-state index contributed by atoms with van der Waals surface area (Å²) in [4.78, 5) is 2.40. The summed E-state index contributed by atoms with van der Waals surface area (Å²) in [7, 11) is 0. The Hall–Kier alpha value is -6.16. The number of anilines is 3. The Kier molecular flexibility index (Phi) is 6.39. The molecule has 0 aliphatic rings. The smallest absolute Gasteiger partial charge is 0.143 e.